The number of carbonyl (C=O) groups is 1. The van der Waals surface area contributed by atoms with Crippen molar-refractivity contribution in [3.05, 3.63) is 71.6 Å². The number of thioether (sulfide) groups is 1. The number of fused-ring (bicyclic) bond motifs is 1. The van der Waals surface area contributed by atoms with Crippen LogP contribution in [0.25, 0.3) is 16.7 Å². The van der Waals surface area contributed by atoms with E-state index >= 15 is 0 Å². The van der Waals surface area contributed by atoms with Crippen molar-refractivity contribution in [2.24, 2.45) is 0 Å². The largest absolute Gasteiger partial charge is 0.325 e. The van der Waals surface area contributed by atoms with Gasteiger partial charge in [0.05, 0.1) is 23.0 Å². The van der Waals surface area contributed by atoms with Gasteiger partial charge in [-0.15, -0.1) is 0 Å². The predicted octanol–water partition coefficient (Wildman–Crippen LogP) is 4.51. The lowest BCUT2D eigenvalue weighted by molar-refractivity contribution is -0.113. The summed E-state index contributed by atoms with van der Waals surface area (Å²) in [5.74, 6) is 0.0896. The van der Waals surface area contributed by atoms with Gasteiger partial charge < -0.3 is 5.32 Å². The topological polar surface area (TPSA) is 72.7 Å². The van der Waals surface area contributed by atoms with Crippen molar-refractivity contribution in [3.8, 4) is 5.69 Å². The Morgan fingerprint density at radius 2 is 2.00 bits per heavy atom. The quantitative estimate of drug-likeness (QED) is 0.388. The second-order valence-corrected chi connectivity index (χ2v) is 7.50. The van der Waals surface area contributed by atoms with Crippen LogP contribution in [-0.2, 0) is 4.79 Å². The number of nitrogens with one attached hydrogen (secondary N) is 1. The van der Waals surface area contributed by atoms with Crippen LogP contribution in [0.4, 0.5) is 5.69 Å². The van der Waals surface area contributed by atoms with E-state index in [0.717, 1.165) is 16.6 Å². The normalized spacial score (nSPS) is 10.9. The van der Waals surface area contributed by atoms with Gasteiger partial charge in [-0.25, -0.2) is 14.6 Å². The van der Waals surface area contributed by atoms with E-state index in [0.29, 0.717) is 21.4 Å². The summed E-state index contributed by atoms with van der Waals surface area (Å²) in [6, 6.07) is 15.2. The maximum absolute atomic E-state index is 12.4. The highest BCUT2D eigenvalue weighted by Crippen LogP contribution is 2.26. The zero-order valence-corrected chi connectivity index (χ0v) is 16.5. The summed E-state index contributed by atoms with van der Waals surface area (Å²) in [7, 11) is 0. The van der Waals surface area contributed by atoms with Crippen LogP contribution in [0, 0.1) is 6.92 Å². The second kappa shape index (κ2) is 8.00. The summed E-state index contributed by atoms with van der Waals surface area (Å²) < 4.78 is 1.76. The molecule has 0 fully saturated rings. The van der Waals surface area contributed by atoms with Gasteiger partial charge in [-0.05, 0) is 36.8 Å². The molecule has 1 amide bonds. The molecule has 0 aliphatic carbocycles. The fourth-order valence-corrected chi connectivity index (χ4v) is 3.68. The van der Waals surface area contributed by atoms with Gasteiger partial charge in [0.2, 0.25) is 5.91 Å². The van der Waals surface area contributed by atoms with Crippen molar-refractivity contribution in [1.82, 2.24) is 19.7 Å². The second-order valence-electron chi connectivity index (χ2n) is 6.10. The van der Waals surface area contributed by atoms with Gasteiger partial charge in [0.1, 0.15) is 11.4 Å². The molecule has 0 bridgehead atoms. The number of nitrogens with zero attached hydrogens (tertiary/aromatic N) is 4. The molecule has 0 spiro atoms. The molecule has 0 saturated heterocycles. The summed E-state index contributed by atoms with van der Waals surface area (Å²) in [5.41, 5.74) is 3.29. The lowest BCUT2D eigenvalue weighted by Gasteiger charge is -2.09. The first kappa shape index (κ1) is 18.5. The van der Waals surface area contributed by atoms with Gasteiger partial charge in [0, 0.05) is 10.7 Å². The Morgan fingerprint density at radius 1 is 1.18 bits per heavy atom. The number of hydrogen-bond acceptors (Lipinski definition) is 5. The summed E-state index contributed by atoms with van der Waals surface area (Å²) in [5, 5.41) is 9.42. The Labute approximate surface area is 171 Å². The molecule has 8 heteroatoms. The third kappa shape index (κ3) is 3.85. The Kier molecular flexibility index (Phi) is 5.27. The highest BCUT2D eigenvalue weighted by molar-refractivity contribution is 8.00. The van der Waals surface area contributed by atoms with Crippen LogP contribution in [-0.4, -0.2) is 31.4 Å². The predicted molar refractivity (Wildman–Crippen MR) is 112 cm³/mol. The molecule has 140 valence electrons. The smallest absolute Gasteiger partial charge is 0.234 e. The number of aryl methyl sites for hydroxylation is 1. The van der Waals surface area contributed by atoms with Crippen molar-refractivity contribution in [1.29, 1.82) is 0 Å². The van der Waals surface area contributed by atoms with Gasteiger partial charge >= 0.3 is 0 Å². The molecule has 2 aromatic carbocycles. The number of benzene rings is 2. The number of halogens is 1. The zero-order valence-electron chi connectivity index (χ0n) is 15.0. The first-order valence-electron chi connectivity index (χ1n) is 8.55. The van der Waals surface area contributed by atoms with Gasteiger partial charge in [0.15, 0.2) is 5.65 Å². The molecule has 0 saturated carbocycles. The Bertz CT molecular complexity index is 1150. The number of para-hydroxylation sites is 1. The summed E-state index contributed by atoms with van der Waals surface area (Å²) >= 11 is 7.36. The van der Waals surface area contributed by atoms with E-state index in [1.807, 2.05) is 43.3 Å². The molecule has 0 aliphatic heterocycles. The van der Waals surface area contributed by atoms with Crippen molar-refractivity contribution in [2.75, 3.05) is 11.1 Å². The van der Waals surface area contributed by atoms with E-state index in [4.69, 9.17) is 11.6 Å². The van der Waals surface area contributed by atoms with Crippen molar-refractivity contribution < 1.29 is 4.79 Å². The van der Waals surface area contributed by atoms with E-state index in [9.17, 15) is 4.79 Å². The van der Waals surface area contributed by atoms with Gasteiger partial charge in [-0.1, -0.05) is 47.6 Å². The molecule has 2 heterocycles. The third-order valence-electron chi connectivity index (χ3n) is 4.14. The number of aromatic nitrogens is 4. The average Bonchev–Trinajstić information content (AvgIpc) is 3.14. The number of amides is 1. The molecule has 0 atom stereocenters. The Balaban J connectivity index is 1.52. The van der Waals surface area contributed by atoms with Crippen LogP contribution in [0.3, 0.4) is 0 Å². The van der Waals surface area contributed by atoms with Gasteiger partial charge in [-0.3, -0.25) is 4.79 Å². The van der Waals surface area contributed by atoms with E-state index in [2.05, 4.69) is 20.4 Å². The van der Waals surface area contributed by atoms with Gasteiger partial charge in [-0.2, -0.15) is 5.10 Å². The molecule has 6 nitrogen and oxygen atoms in total. The third-order valence-corrected chi connectivity index (χ3v) is 5.38. The van der Waals surface area contributed by atoms with Crippen LogP contribution in [0.15, 0.2) is 66.1 Å². The van der Waals surface area contributed by atoms with E-state index in [1.165, 1.54) is 18.1 Å². The van der Waals surface area contributed by atoms with Crippen LogP contribution in [0.5, 0.6) is 0 Å². The standard InChI is InChI=1S/C20H16ClN5OS/c1-13-7-8-14(21)9-17(13)25-18(27)11-28-20-16-10-24-26(19(16)22-12-23-20)15-5-3-2-4-6-15/h2-10,12H,11H2,1H3,(H,25,27). The minimum absolute atomic E-state index is 0.127. The minimum Gasteiger partial charge on any atom is -0.325 e. The van der Waals surface area contributed by atoms with Crippen molar-refractivity contribution >= 4 is 46.0 Å². The Morgan fingerprint density at radius 3 is 2.82 bits per heavy atom. The van der Waals surface area contributed by atoms with Crippen LogP contribution >= 0.6 is 23.4 Å². The van der Waals surface area contributed by atoms with Crippen LogP contribution < -0.4 is 5.32 Å². The molecule has 4 rings (SSSR count). The molecule has 4 aromatic rings. The summed E-state index contributed by atoms with van der Waals surface area (Å²) in [6.45, 7) is 1.92. The molecule has 0 unspecified atom stereocenters. The monoisotopic (exact) mass is 409 g/mol. The summed E-state index contributed by atoms with van der Waals surface area (Å²) in [6.07, 6.45) is 3.22. The van der Waals surface area contributed by atoms with Crippen LogP contribution in [0.2, 0.25) is 5.02 Å². The molecular formula is C20H16ClN5OS. The molecule has 28 heavy (non-hydrogen) atoms. The number of carbonyl (C=O) groups excluding carboxylic acids is 1. The van der Waals surface area contributed by atoms with Crippen molar-refractivity contribution in [3.63, 3.8) is 0 Å². The first-order valence-corrected chi connectivity index (χ1v) is 9.91. The van der Waals surface area contributed by atoms with Crippen LogP contribution in [0.1, 0.15) is 5.56 Å². The van der Waals surface area contributed by atoms with E-state index < -0.39 is 0 Å². The van der Waals surface area contributed by atoms with Crippen molar-refractivity contribution in [2.45, 2.75) is 11.9 Å². The first-order chi connectivity index (χ1) is 13.6. The molecular weight excluding hydrogens is 394 g/mol. The molecule has 0 radical (unpaired) electrons. The fourth-order valence-electron chi connectivity index (χ4n) is 2.74. The number of anilines is 1. The number of rotatable bonds is 5. The van der Waals surface area contributed by atoms with E-state index in [-0.39, 0.29) is 11.7 Å². The average molecular weight is 410 g/mol. The molecule has 0 aliphatic rings. The van der Waals surface area contributed by atoms with Gasteiger partial charge in [0.25, 0.3) is 0 Å². The minimum atomic E-state index is -0.127. The fraction of sp³-hybridized carbons (Fsp3) is 0.100. The zero-order chi connectivity index (χ0) is 19.5. The molecule has 2 aromatic heterocycles. The maximum Gasteiger partial charge on any atom is 0.234 e. The Hall–Kier alpha value is -2.90. The lowest BCUT2D eigenvalue weighted by Crippen LogP contribution is -2.15. The maximum atomic E-state index is 12.4. The highest BCUT2D eigenvalue weighted by atomic mass is 35.5. The summed E-state index contributed by atoms with van der Waals surface area (Å²) in [4.78, 5) is 21.0. The lowest BCUT2D eigenvalue weighted by atomic mass is 10.2. The van der Waals surface area contributed by atoms with E-state index in [1.54, 1.807) is 23.0 Å². The highest BCUT2D eigenvalue weighted by Gasteiger charge is 2.13. The number of hydrogen-bond donors (Lipinski definition) is 1. The SMILES string of the molecule is Cc1ccc(Cl)cc1NC(=O)CSc1ncnc2c1cnn2-c1ccccc1. The molecule has 1 N–H and O–H groups in total.